The summed E-state index contributed by atoms with van der Waals surface area (Å²) in [6.45, 7) is 1.98. The molecule has 3 rings (SSSR count). The first-order valence-corrected chi connectivity index (χ1v) is 8.33. The normalized spacial score (nSPS) is 10.5. The van der Waals surface area contributed by atoms with E-state index in [0.717, 1.165) is 0 Å². The SMILES string of the molecule is COc1cccc(C(=O)NCc2ccc(-n3ccnc3C)c(F)c2)c1OC. The number of imidazole rings is 1. The van der Waals surface area contributed by atoms with E-state index in [1.165, 1.54) is 20.3 Å². The molecule has 1 aromatic heterocycles. The highest BCUT2D eigenvalue weighted by Crippen LogP contribution is 2.30. The number of carbonyl (C=O) groups excluding carboxylic acids is 1. The smallest absolute Gasteiger partial charge is 0.255 e. The average Bonchev–Trinajstić information content (AvgIpc) is 3.11. The Balaban J connectivity index is 1.75. The molecule has 140 valence electrons. The van der Waals surface area contributed by atoms with Gasteiger partial charge < -0.3 is 19.4 Å². The van der Waals surface area contributed by atoms with Gasteiger partial charge in [-0.3, -0.25) is 4.79 Å². The maximum Gasteiger partial charge on any atom is 0.255 e. The molecule has 6 nitrogen and oxygen atoms in total. The molecule has 0 spiro atoms. The Labute approximate surface area is 156 Å². The van der Waals surface area contributed by atoms with E-state index >= 15 is 0 Å². The number of ether oxygens (including phenoxy) is 2. The zero-order valence-corrected chi connectivity index (χ0v) is 15.3. The van der Waals surface area contributed by atoms with Crippen LogP contribution in [0.5, 0.6) is 11.5 Å². The highest BCUT2D eigenvalue weighted by atomic mass is 19.1. The maximum absolute atomic E-state index is 14.5. The third-order valence-electron chi connectivity index (χ3n) is 4.20. The monoisotopic (exact) mass is 369 g/mol. The number of amides is 1. The summed E-state index contributed by atoms with van der Waals surface area (Å²) in [6.07, 6.45) is 3.31. The van der Waals surface area contributed by atoms with Gasteiger partial charge in [0.15, 0.2) is 11.5 Å². The summed E-state index contributed by atoms with van der Waals surface area (Å²) in [4.78, 5) is 16.6. The minimum Gasteiger partial charge on any atom is -0.493 e. The molecular formula is C20H20FN3O3. The molecule has 0 unspecified atom stereocenters. The van der Waals surface area contributed by atoms with E-state index in [0.29, 0.717) is 34.1 Å². The second-order valence-electron chi connectivity index (χ2n) is 5.85. The fraction of sp³-hybridized carbons (Fsp3) is 0.200. The van der Waals surface area contributed by atoms with E-state index in [-0.39, 0.29) is 18.3 Å². The van der Waals surface area contributed by atoms with Crippen LogP contribution in [-0.2, 0) is 6.54 Å². The Bertz CT molecular complexity index is 969. The van der Waals surface area contributed by atoms with E-state index in [2.05, 4.69) is 10.3 Å². The molecule has 0 saturated heterocycles. The first-order chi connectivity index (χ1) is 13.0. The number of aryl methyl sites for hydroxylation is 1. The molecular weight excluding hydrogens is 349 g/mol. The number of hydrogen-bond donors (Lipinski definition) is 1. The van der Waals surface area contributed by atoms with Crippen LogP contribution in [0.25, 0.3) is 5.69 Å². The molecule has 0 aliphatic heterocycles. The molecule has 0 aliphatic rings. The Morgan fingerprint density at radius 1 is 1.22 bits per heavy atom. The topological polar surface area (TPSA) is 65.4 Å². The second kappa shape index (κ2) is 7.90. The van der Waals surface area contributed by atoms with E-state index in [1.54, 1.807) is 54.2 Å². The summed E-state index contributed by atoms with van der Waals surface area (Å²) in [6, 6.07) is 9.89. The van der Waals surface area contributed by atoms with Crippen LogP contribution in [0.2, 0.25) is 0 Å². The van der Waals surface area contributed by atoms with E-state index in [9.17, 15) is 9.18 Å². The highest BCUT2D eigenvalue weighted by molar-refractivity contribution is 5.97. The molecule has 7 heteroatoms. The minimum atomic E-state index is -0.387. The maximum atomic E-state index is 14.5. The van der Waals surface area contributed by atoms with Crippen LogP contribution in [0.1, 0.15) is 21.7 Å². The summed E-state index contributed by atoms with van der Waals surface area (Å²) in [5.74, 6) is 0.799. The van der Waals surface area contributed by atoms with Crippen LogP contribution >= 0.6 is 0 Å². The number of hydrogen-bond acceptors (Lipinski definition) is 4. The zero-order valence-electron chi connectivity index (χ0n) is 15.3. The first-order valence-electron chi connectivity index (χ1n) is 8.33. The van der Waals surface area contributed by atoms with Crippen LogP contribution in [0.3, 0.4) is 0 Å². The third-order valence-corrected chi connectivity index (χ3v) is 4.20. The standard InChI is InChI=1S/C20H20FN3O3/c1-13-22-9-10-24(13)17-8-7-14(11-16(17)21)12-23-20(25)15-5-4-6-18(26-2)19(15)27-3/h4-11H,12H2,1-3H3,(H,23,25). The Morgan fingerprint density at radius 3 is 2.67 bits per heavy atom. The Kier molecular flexibility index (Phi) is 5.40. The summed E-state index contributed by atoms with van der Waals surface area (Å²) < 4.78 is 26.6. The van der Waals surface area contributed by atoms with Crippen LogP contribution in [-0.4, -0.2) is 29.7 Å². The highest BCUT2D eigenvalue weighted by Gasteiger charge is 2.16. The van der Waals surface area contributed by atoms with Gasteiger partial charge in [0.2, 0.25) is 0 Å². The number of methoxy groups -OCH3 is 2. The van der Waals surface area contributed by atoms with Crippen molar-refractivity contribution >= 4 is 5.91 Å². The van der Waals surface area contributed by atoms with Gasteiger partial charge in [0.25, 0.3) is 5.91 Å². The van der Waals surface area contributed by atoms with Gasteiger partial charge >= 0.3 is 0 Å². The van der Waals surface area contributed by atoms with Gasteiger partial charge in [-0.25, -0.2) is 9.37 Å². The lowest BCUT2D eigenvalue weighted by Crippen LogP contribution is -2.23. The second-order valence-corrected chi connectivity index (χ2v) is 5.85. The molecule has 1 amide bonds. The molecule has 0 aliphatic carbocycles. The molecule has 1 N–H and O–H groups in total. The molecule has 1 heterocycles. The quantitative estimate of drug-likeness (QED) is 0.724. The predicted octanol–water partition coefficient (Wildman–Crippen LogP) is 3.27. The largest absolute Gasteiger partial charge is 0.493 e. The molecule has 0 saturated carbocycles. The van der Waals surface area contributed by atoms with Gasteiger partial charge in [-0.15, -0.1) is 0 Å². The predicted molar refractivity (Wildman–Crippen MR) is 99.0 cm³/mol. The molecule has 2 aromatic carbocycles. The van der Waals surface area contributed by atoms with Crippen molar-refractivity contribution in [1.29, 1.82) is 0 Å². The van der Waals surface area contributed by atoms with E-state index in [1.807, 2.05) is 0 Å². The van der Waals surface area contributed by atoms with Crippen molar-refractivity contribution in [3.8, 4) is 17.2 Å². The Hall–Kier alpha value is -3.35. The van der Waals surface area contributed by atoms with Gasteiger partial charge in [-0.1, -0.05) is 12.1 Å². The summed E-state index contributed by atoms with van der Waals surface area (Å²) in [5.41, 5.74) is 1.40. The fourth-order valence-corrected chi connectivity index (χ4v) is 2.83. The van der Waals surface area contributed by atoms with Crippen molar-refractivity contribution in [2.75, 3.05) is 14.2 Å². The van der Waals surface area contributed by atoms with Crippen molar-refractivity contribution in [2.24, 2.45) is 0 Å². The number of nitrogens with one attached hydrogen (secondary N) is 1. The van der Waals surface area contributed by atoms with Gasteiger partial charge in [-0.05, 0) is 36.8 Å². The number of benzene rings is 2. The molecule has 0 radical (unpaired) electrons. The number of para-hydroxylation sites is 1. The van der Waals surface area contributed by atoms with Crippen LogP contribution in [0.4, 0.5) is 4.39 Å². The molecule has 3 aromatic rings. The lowest BCUT2D eigenvalue weighted by Gasteiger charge is -2.13. The van der Waals surface area contributed by atoms with Crippen molar-refractivity contribution in [1.82, 2.24) is 14.9 Å². The Morgan fingerprint density at radius 2 is 2.04 bits per heavy atom. The van der Waals surface area contributed by atoms with Gasteiger partial charge in [0.05, 0.1) is 25.5 Å². The van der Waals surface area contributed by atoms with Crippen molar-refractivity contribution in [3.05, 3.63) is 71.6 Å². The molecule has 27 heavy (non-hydrogen) atoms. The van der Waals surface area contributed by atoms with Gasteiger partial charge in [0.1, 0.15) is 11.6 Å². The molecule has 0 bridgehead atoms. The first kappa shape index (κ1) is 18.4. The number of aromatic nitrogens is 2. The lowest BCUT2D eigenvalue weighted by atomic mass is 10.1. The summed E-state index contributed by atoms with van der Waals surface area (Å²) in [7, 11) is 2.98. The summed E-state index contributed by atoms with van der Waals surface area (Å²) in [5, 5.41) is 2.77. The van der Waals surface area contributed by atoms with Crippen molar-refractivity contribution in [2.45, 2.75) is 13.5 Å². The fourth-order valence-electron chi connectivity index (χ4n) is 2.83. The van der Waals surface area contributed by atoms with Crippen LogP contribution in [0.15, 0.2) is 48.8 Å². The third kappa shape index (κ3) is 3.76. The van der Waals surface area contributed by atoms with Crippen molar-refractivity contribution < 1.29 is 18.7 Å². The average molecular weight is 369 g/mol. The van der Waals surface area contributed by atoms with Crippen LogP contribution < -0.4 is 14.8 Å². The number of rotatable bonds is 6. The molecule has 0 fully saturated rings. The zero-order chi connectivity index (χ0) is 19.4. The number of halogens is 1. The van der Waals surface area contributed by atoms with Crippen molar-refractivity contribution in [3.63, 3.8) is 0 Å². The minimum absolute atomic E-state index is 0.180. The molecule has 0 atom stereocenters. The van der Waals surface area contributed by atoms with E-state index < -0.39 is 0 Å². The van der Waals surface area contributed by atoms with Gasteiger partial charge in [-0.2, -0.15) is 0 Å². The summed E-state index contributed by atoms with van der Waals surface area (Å²) >= 11 is 0. The number of nitrogens with zero attached hydrogens (tertiary/aromatic N) is 2. The lowest BCUT2D eigenvalue weighted by molar-refractivity contribution is 0.0947. The van der Waals surface area contributed by atoms with E-state index in [4.69, 9.17) is 9.47 Å². The number of carbonyl (C=O) groups is 1. The van der Waals surface area contributed by atoms with Gasteiger partial charge in [0, 0.05) is 18.9 Å². The van der Waals surface area contributed by atoms with Crippen LogP contribution in [0, 0.1) is 12.7 Å².